The Hall–Kier alpha value is -2.25. The van der Waals surface area contributed by atoms with E-state index in [2.05, 4.69) is 9.17 Å². The van der Waals surface area contributed by atoms with Crippen molar-refractivity contribution in [2.75, 3.05) is 0 Å². The second kappa shape index (κ2) is 6.89. The van der Waals surface area contributed by atoms with E-state index in [4.69, 9.17) is 4.55 Å². The van der Waals surface area contributed by atoms with Gasteiger partial charge in [-0.05, 0) is 35.2 Å². The zero-order chi connectivity index (χ0) is 17.0. The smallest absolute Gasteiger partial charge is 0.360 e. The maximum absolute atomic E-state index is 12.8. The first-order valence-electron chi connectivity index (χ1n) is 6.85. The normalized spacial score (nSPS) is 12.0. The molecule has 0 saturated heterocycles. The van der Waals surface area contributed by atoms with Crippen LogP contribution in [-0.4, -0.2) is 18.0 Å². The van der Waals surface area contributed by atoms with Crippen molar-refractivity contribution >= 4 is 22.6 Å². The van der Waals surface area contributed by atoms with Gasteiger partial charge in [0.2, 0.25) is 0 Å². The summed E-state index contributed by atoms with van der Waals surface area (Å²) in [6, 6.07) is 7.37. The van der Waals surface area contributed by atoms with E-state index in [9.17, 15) is 12.8 Å². The first kappa shape index (κ1) is 17.1. The number of aromatic nitrogens is 1. The SMILES string of the molecule is CC(C)c1ncc(C=Cc2ccc(F)cc2)cc1OS(=O)(=O)O. The van der Waals surface area contributed by atoms with Crippen molar-refractivity contribution in [2.24, 2.45) is 0 Å². The topological polar surface area (TPSA) is 76.5 Å². The van der Waals surface area contributed by atoms with Crippen LogP contribution in [0.2, 0.25) is 0 Å². The van der Waals surface area contributed by atoms with Gasteiger partial charge in [0.05, 0.1) is 5.69 Å². The van der Waals surface area contributed by atoms with E-state index in [0.29, 0.717) is 11.3 Å². The Bertz CT molecular complexity index is 814. The number of hydrogen-bond acceptors (Lipinski definition) is 4. The Morgan fingerprint density at radius 2 is 1.78 bits per heavy atom. The lowest BCUT2D eigenvalue weighted by Gasteiger charge is -2.11. The lowest BCUT2D eigenvalue weighted by molar-refractivity contribution is 0.383. The molecule has 0 radical (unpaired) electrons. The van der Waals surface area contributed by atoms with Crippen molar-refractivity contribution in [3.05, 3.63) is 59.2 Å². The van der Waals surface area contributed by atoms with E-state index >= 15 is 0 Å². The van der Waals surface area contributed by atoms with Gasteiger partial charge in [-0.1, -0.05) is 38.1 Å². The van der Waals surface area contributed by atoms with Gasteiger partial charge in [-0.25, -0.2) is 4.39 Å². The molecule has 0 atom stereocenters. The standard InChI is InChI=1S/C16H16FNO4S/c1-11(2)16-15(22-23(19,20)21)9-13(10-18-16)4-3-12-5-7-14(17)8-6-12/h3-11H,1-2H3,(H,19,20,21). The van der Waals surface area contributed by atoms with Crippen LogP contribution in [0.4, 0.5) is 4.39 Å². The number of halogens is 1. The second-order valence-electron chi connectivity index (χ2n) is 5.20. The molecule has 0 aliphatic rings. The van der Waals surface area contributed by atoms with E-state index in [1.54, 1.807) is 30.5 Å². The third kappa shape index (κ3) is 5.15. The molecule has 122 valence electrons. The van der Waals surface area contributed by atoms with E-state index in [0.717, 1.165) is 5.56 Å². The molecule has 0 unspecified atom stereocenters. The van der Waals surface area contributed by atoms with Gasteiger partial charge in [0.1, 0.15) is 5.82 Å². The fourth-order valence-corrected chi connectivity index (χ4v) is 2.30. The average Bonchev–Trinajstić information content (AvgIpc) is 2.45. The number of pyridine rings is 1. The van der Waals surface area contributed by atoms with Crippen LogP contribution in [0.1, 0.15) is 36.6 Å². The Balaban J connectivity index is 2.32. The van der Waals surface area contributed by atoms with E-state index in [1.807, 2.05) is 13.8 Å². The molecule has 0 aliphatic carbocycles. The van der Waals surface area contributed by atoms with Gasteiger partial charge < -0.3 is 4.18 Å². The number of rotatable bonds is 5. The molecule has 1 N–H and O–H groups in total. The molecule has 0 aliphatic heterocycles. The summed E-state index contributed by atoms with van der Waals surface area (Å²) in [6.07, 6.45) is 4.97. The molecule has 0 bridgehead atoms. The first-order valence-corrected chi connectivity index (χ1v) is 8.21. The summed E-state index contributed by atoms with van der Waals surface area (Å²) < 4.78 is 48.2. The van der Waals surface area contributed by atoms with Gasteiger partial charge in [0.15, 0.2) is 5.75 Å². The fraction of sp³-hybridized carbons (Fsp3) is 0.188. The van der Waals surface area contributed by atoms with E-state index < -0.39 is 10.4 Å². The van der Waals surface area contributed by atoms with Gasteiger partial charge in [-0.2, -0.15) is 8.42 Å². The van der Waals surface area contributed by atoms with Crippen molar-refractivity contribution in [1.29, 1.82) is 0 Å². The van der Waals surface area contributed by atoms with Gasteiger partial charge >= 0.3 is 10.4 Å². The number of hydrogen-bond donors (Lipinski definition) is 1. The predicted octanol–water partition coefficient (Wildman–Crippen LogP) is 3.70. The lowest BCUT2D eigenvalue weighted by atomic mass is 10.1. The van der Waals surface area contributed by atoms with Gasteiger partial charge in [0, 0.05) is 6.20 Å². The lowest BCUT2D eigenvalue weighted by Crippen LogP contribution is -2.10. The molecule has 1 heterocycles. The van der Waals surface area contributed by atoms with Crippen LogP contribution >= 0.6 is 0 Å². The highest BCUT2D eigenvalue weighted by Crippen LogP contribution is 2.27. The summed E-state index contributed by atoms with van der Waals surface area (Å²) in [5.41, 5.74) is 1.77. The highest BCUT2D eigenvalue weighted by molar-refractivity contribution is 7.81. The molecule has 1 aromatic heterocycles. The summed E-state index contributed by atoms with van der Waals surface area (Å²) in [4.78, 5) is 4.18. The first-order chi connectivity index (χ1) is 10.7. The van der Waals surface area contributed by atoms with Crippen LogP contribution in [0.25, 0.3) is 12.2 Å². The third-order valence-electron chi connectivity index (χ3n) is 2.98. The molecular formula is C16H16FNO4S. The minimum absolute atomic E-state index is 0.0243. The maximum Gasteiger partial charge on any atom is 0.446 e. The largest absolute Gasteiger partial charge is 0.446 e. The van der Waals surface area contributed by atoms with Crippen LogP contribution in [0.15, 0.2) is 36.5 Å². The molecule has 0 amide bonds. The number of nitrogens with zero attached hydrogens (tertiary/aromatic N) is 1. The highest BCUT2D eigenvalue weighted by Gasteiger charge is 2.15. The molecule has 2 aromatic rings. The van der Waals surface area contributed by atoms with Crippen LogP contribution in [-0.2, 0) is 10.4 Å². The summed E-state index contributed by atoms with van der Waals surface area (Å²) in [6.45, 7) is 3.65. The van der Waals surface area contributed by atoms with E-state index in [1.165, 1.54) is 18.2 Å². The Kier molecular flexibility index (Phi) is 5.12. The summed E-state index contributed by atoms with van der Waals surface area (Å²) in [5.74, 6) is -0.431. The summed E-state index contributed by atoms with van der Waals surface area (Å²) in [7, 11) is -4.63. The van der Waals surface area contributed by atoms with Crippen LogP contribution in [0.5, 0.6) is 5.75 Å². The van der Waals surface area contributed by atoms with Gasteiger partial charge in [-0.15, -0.1) is 0 Å². The molecule has 23 heavy (non-hydrogen) atoms. The molecule has 0 saturated carbocycles. The average molecular weight is 337 g/mol. The molecule has 7 heteroatoms. The van der Waals surface area contributed by atoms with Crippen molar-refractivity contribution in [3.8, 4) is 5.75 Å². The predicted molar refractivity (Wildman–Crippen MR) is 85.8 cm³/mol. The molecule has 2 rings (SSSR count). The second-order valence-corrected chi connectivity index (χ2v) is 6.22. The Labute approximate surface area is 134 Å². The molecule has 0 fully saturated rings. The summed E-state index contributed by atoms with van der Waals surface area (Å²) in [5, 5.41) is 0. The third-order valence-corrected chi connectivity index (χ3v) is 3.37. The highest BCUT2D eigenvalue weighted by atomic mass is 32.3. The minimum Gasteiger partial charge on any atom is -0.360 e. The zero-order valence-corrected chi connectivity index (χ0v) is 13.4. The number of benzene rings is 1. The monoisotopic (exact) mass is 337 g/mol. The minimum atomic E-state index is -4.63. The quantitative estimate of drug-likeness (QED) is 0.842. The van der Waals surface area contributed by atoms with Crippen LogP contribution < -0.4 is 4.18 Å². The molecule has 5 nitrogen and oxygen atoms in total. The van der Waals surface area contributed by atoms with Crippen molar-refractivity contribution in [2.45, 2.75) is 19.8 Å². The molecule has 1 aromatic carbocycles. The molecule has 0 spiro atoms. The zero-order valence-electron chi connectivity index (χ0n) is 12.6. The fourth-order valence-electron chi connectivity index (χ4n) is 1.94. The van der Waals surface area contributed by atoms with Crippen LogP contribution in [0.3, 0.4) is 0 Å². The van der Waals surface area contributed by atoms with Crippen LogP contribution in [0, 0.1) is 5.82 Å². The Morgan fingerprint density at radius 1 is 1.17 bits per heavy atom. The molecular weight excluding hydrogens is 321 g/mol. The Morgan fingerprint density at radius 3 is 2.35 bits per heavy atom. The van der Waals surface area contributed by atoms with Crippen molar-refractivity contribution < 1.29 is 21.5 Å². The van der Waals surface area contributed by atoms with Crippen molar-refractivity contribution in [3.63, 3.8) is 0 Å². The maximum atomic E-state index is 12.8. The van der Waals surface area contributed by atoms with Crippen molar-refractivity contribution in [1.82, 2.24) is 4.98 Å². The van der Waals surface area contributed by atoms with Gasteiger partial charge in [0.25, 0.3) is 0 Å². The van der Waals surface area contributed by atoms with Gasteiger partial charge in [-0.3, -0.25) is 9.54 Å². The summed E-state index contributed by atoms with van der Waals surface area (Å²) >= 11 is 0. The van der Waals surface area contributed by atoms with E-state index in [-0.39, 0.29) is 17.5 Å².